The highest BCUT2D eigenvalue weighted by Gasteiger charge is 2.18. The van der Waals surface area contributed by atoms with Crippen LogP contribution in [-0.2, 0) is 0 Å². The molecule has 0 aromatic carbocycles. The van der Waals surface area contributed by atoms with Gasteiger partial charge in [-0.1, -0.05) is 24.3 Å². The van der Waals surface area contributed by atoms with Gasteiger partial charge in [0.05, 0.1) is 0 Å². The first-order valence-corrected chi connectivity index (χ1v) is 5.23. The van der Waals surface area contributed by atoms with Crippen molar-refractivity contribution in [2.24, 2.45) is 0 Å². The van der Waals surface area contributed by atoms with E-state index in [4.69, 9.17) is 0 Å². The quantitative estimate of drug-likeness (QED) is 0.648. The van der Waals surface area contributed by atoms with E-state index in [2.05, 4.69) is 34.5 Å². The molecule has 1 fully saturated rings. The highest BCUT2D eigenvalue weighted by molar-refractivity contribution is 5.08. The fraction of sp³-hybridized carbons (Fsp3) is 0.636. The van der Waals surface area contributed by atoms with Crippen molar-refractivity contribution < 1.29 is 0 Å². The van der Waals surface area contributed by atoms with Gasteiger partial charge in [0.25, 0.3) is 0 Å². The Kier molecular flexibility index (Phi) is 3.16. The Hall–Kier alpha value is -0.600. The number of hydrogen-bond donors (Lipinski definition) is 1. The molecule has 2 rings (SSSR count). The van der Waals surface area contributed by atoms with Gasteiger partial charge in [0.15, 0.2) is 0 Å². The lowest BCUT2D eigenvalue weighted by Gasteiger charge is -2.32. The smallest absolute Gasteiger partial charge is 0.0172 e. The van der Waals surface area contributed by atoms with Gasteiger partial charge in [0.1, 0.15) is 0 Å². The lowest BCUT2D eigenvalue weighted by molar-refractivity contribution is 0.197. The van der Waals surface area contributed by atoms with E-state index in [1.165, 1.54) is 25.9 Å². The van der Waals surface area contributed by atoms with Crippen molar-refractivity contribution in [3.63, 3.8) is 0 Å². The first-order chi connectivity index (χ1) is 6.47. The molecule has 0 radical (unpaired) electrons. The standard InChI is InChI=1S/C11H18N2/c1-2-4-10-13(9-3-1)11-5-7-12-8-6-11/h1-4,11-12H,5-10H2. The molecule has 2 heterocycles. The molecule has 2 heteroatoms. The van der Waals surface area contributed by atoms with Crippen molar-refractivity contribution in [2.45, 2.75) is 18.9 Å². The van der Waals surface area contributed by atoms with Crippen molar-refractivity contribution >= 4 is 0 Å². The molecule has 0 bridgehead atoms. The summed E-state index contributed by atoms with van der Waals surface area (Å²) in [5, 5.41) is 3.41. The molecular weight excluding hydrogens is 160 g/mol. The highest BCUT2D eigenvalue weighted by Crippen LogP contribution is 2.12. The molecule has 1 N–H and O–H groups in total. The summed E-state index contributed by atoms with van der Waals surface area (Å²) >= 11 is 0. The zero-order valence-corrected chi connectivity index (χ0v) is 8.08. The van der Waals surface area contributed by atoms with Gasteiger partial charge < -0.3 is 5.32 Å². The maximum Gasteiger partial charge on any atom is 0.0172 e. The highest BCUT2D eigenvalue weighted by atomic mass is 15.2. The number of piperidine rings is 1. The van der Waals surface area contributed by atoms with Gasteiger partial charge in [-0.3, -0.25) is 4.90 Å². The second kappa shape index (κ2) is 4.58. The predicted molar refractivity (Wildman–Crippen MR) is 55.7 cm³/mol. The van der Waals surface area contributed by atoms with Crippen LogP contribution in [0.2, 0.25) is 0 Å². The summed E-state index contributed by atoms with van der Waals surface area (Å²) in [6, 6.07) is 0.800. The molecule has 2 aliphatic rings. The van der Waals surface area contributed by atoms with Gasteiger partial charge in [-0.25, -0.2) is 0 Å². The second-order valence-corrected chi connectivity index (χ2v) is 3.79. The van der Waals surface area contributed by atoms with E-state index in [-0.39, 0.29) is 0 Å². The number of allylic oxidation sites excluding steroid dienone is 2. The van der Waals surface area contributed by atoms with Crippen molar-refractivity contribution in [3.8, 4) is 0 Å². The monoisotopic (exact) mass is 178 g/mol. The molecule has 2 aliphatic heterocycles. The molecule has 0 saturated carbocycles. The van der Waals surface area contributed by atoms with E-state index < -0.39 is 0 Å². The third-order valence-electron chi connectivity index (χ3n) is 2.89. The molecule has 1 saturated heterocycles. The molecule has 0 unspecified atom stereocenters. The Balaban J connectivity index is 1.90. The van der Waals surface area contributed by atoms with Crippen LogP contribution >= 0.6 is 0 Å². The van der Waals surface area contributed by atoms with E-state index in [0.29, 0.717) is 0 Å². The summed E-state index contributed by atoms with van der Waals surface area (Å²) in [6.45, 7) is 4.62. The minimum absolute atomic E-state index is 0.800. The third-order valence-corrected chi connectivity index (χ3v) is 2.89. The number of hydrogen-bond acceptors (Lipinski definition) is 2. The topological polar surface area (TPSA) is 15.3 Å². The number of nitrogens with zero attached hydrogens (tertiary/aromatic N) is 1. The summed E-state index contributed by atoms with van der Waals surface area (Å²) in [5.74, 6) is 0. The average Bonchev–Trinajstić information content (AvgIpc) is 2.47. The Bertz CT molecular complexity index is 188. The van der Waals surface area contributed by atoms with E-state index in [1.54, 1.807) is 0 Å². The van der Waals surface area contributed by atoms with Gasteiger partial charge in [-0.15, -0.1) is 0 Å². The van der Waals surface area contributed by atoms with Crippen LogP contribution in [0.5, 0.6) is 0 Å². The van der Waals surface area contributed by atoms with Crippen LogP contribution in [0.3, 0.4) is 0 Å². The van der Waals surface area contributed by atoms with Crippen LogP contribution in [0.4, 0.5) is 0 Å². The molecule has 0 aromatic rings. The zero-order chi connectivity index (χ0) is 8.93. The van der Waals surface area contributed by atoms with Crippen LogP contribution in [-0.4, -0.2) is 37.1 Å². The Morgan fingerprint density at radius 1 is 1.00 bits per heavy atom. The first-order valence-electron chi connectivity index (χ1n) is 5.23. The van der Waals surface area contributed by atoms with Crippen molar-refractivity contribution in [1.29, 1.82) is 0 Å². The van der Waals surface area contributed by atoms with E-state index in [9.17, 15) is 0 Å². The zero-order valence-electron chi connectivity index (χ0n) is 8.08. The molecule has 0 atom stereocenters. The lowest BCUT2D eigenvalue weighted by Crippen LogP contribution is -2.43. The molecule has 72 valence electrons. The molecular formula is C11H18N2. The van der Waals surface area contributed by atoms with Crippen LogP contribution in [0.15, 0.2) is 24.3 Å². The van der Waals surface area contributed by atoms with Crippen LogP contribution in [0.1, 0.15) is 12.8 Å². The van der Waals surface area contributed by atoms with Crippen molar-refractivity contribution in [3.05, 3.63) is 24.3 Å². The minimum atomic E-state index is 0.800. The van der Waals surface area contributed by atoms with E-state index in [1.807, 2.05) is 0 Å². The molecule has 0 spiro atoms. The predicted octanol–water partition coefficient (Wildman–Crippen LogP) is 1.17. The fourth-order valence-electron chi connectivity index (χ4n) is 2.09. The molecule has 0 aromatic heterocycles. The largest absolute Gasteiger partial charge is 0.317 e. The summed E-state index contributed by atoms with van der Waals surface area (Å²) in [7, 11) is 0. The first kappa shape index (κ1) is 8.97. The van der Waals surface area contributed by atoms with Gasteiger partial charge in [0, 0.05) is 19.1 Å². The van der Waals surface area contributed by atoms with E-state index in [0.717, 1.165) is 19.1 Å². The molecule has 0 aliphatic carbocycles. The van der Waals surface area contributed by atoms with Crippen molar-refractivity contribution in [1.82, 2.24) is 10.2 Å². The summed E-state index contributed by atoms with van der Waals surface area (Å²) in [4.78, 5) is 2.57. The maximum absolute atomic E-state index is 3.41. The average molecular weight is 178 g/mol. The molecule has 2 nitrogen and oxygen atoms in total. The van der Waals surface area contributed by atoms with Gasteiger partial charge in [-0.05, 0) is 25.9 Å². The van der Waals surface area contributed by atoms with Crippen LogP contribution in [0, 0.1) is 0 Å². The van der Waals surface area contributed by atoms with E-state index >= 15 is 0 Å². The Labute approximate surface area is 80.3 Å². The number of nitrogens with one attached hydrogen (secondary N) is 1. The summed E-state index contributed by atoms with van der Waals surface area (Å²) in [6.07, 6.45) is 11.4. The van der Waals surface area contributed by atoms with Gasteiger partial charge >= 0.3 is 0 Å². The molecule has 13 heavy (non-hydrogen) atoms. The molecule has 0 amide bonds. The fourth-order valence-corrected chi connectivity index (χ4v) is 2.09. The summed E-state index contributed by atoms with van der Waals surface area (Å²) < 4.78 is 0. The Morgan fingerprint density at radius 2 is 1.62 bits per heavy atom. The van der Waals surface area contributed by atoms with Crippen molar-refractivity contribution in [2.75, 3.05) is 26.2 Å². The SMILES string of the molecule is C1=CCN(C2CCNCC2)CC=C1. The van der Waals surface area contributed by atoms with Gasteiger partial charge in [-0.2, -0.15) is 0 Å². The normalized spacial score (nSPS) is 26.2. The minimum Gasteiger partial charge on any atom is -0.317 e. The summed E-state index contributed by atoms with van der Waals surface area (Å²) in [5.41, 5.74) is 0. The van der Waals surface area contributed by atoms with Crippen LogP contribution < -0.4 is 5.32 Å². The van der Waals surface area contributed by atoms with Crippen LogP contribution in [0.25, 0.3) is 0 Å². The van der Waals surface area contributed by atoms with Gasteiger partial charge in [0.2, 0.25) is 0 Å². The maximum atomic E-state index is 3.41. The number of rotatable bonds is 1. The lowest BCUT2D eigenvalue weighted by atomic mass is 10.0. The third kappa shape index (κ3) is 2.42. The Morgan fingerprint density at radius 3 is 2.23 bits per heavy atom. The second-order valence-electron chi connectivity index (χ2n) is 3.79.